The number of imide groups is 2. The first kappa shape index (κ1) is 15.1. The van der Waals surface area contributed by atoms with Crippen LogP contribution >= 0.6 is 0 Å². The van der Waals surface area contributed by atoms with Crippen LogP contribution in [0.5, 0.6) is 0 Å². The van der Waals surface area contributed by atoms with E-state index in [4.69, 9.17) is 0 Å². The van der Waals surface area contributed by atoms with Crippen molar-refractivity contribution in [3.8, 4) is 0 Å². The van der Waals surface area contributed by atoms with Crippen molar-refractivity contribution in [3.05, 3.63) is 0 Å². The van der Waals surface area contributed by atoms with Crippen LogP contribution in [0.25, 0.3) is 0 Å². The van der Waals surface area contributed by atoms with Gasteiger partial charge in [0, 0.05) is 6.54 Å². The highest BCUT2D eigenvalue weighted by Crippen LogP contribution is 2.24. The van der Waals surface area contributed by atoms with Crippen molar-refractivity contribution in [1.82, 2.24) is 15.5 Å². The van der Waals surface area contributed by atoms with E-state index < -0.39 is 35.2 Å². The van der Waals surface area contributed by atoms with Crippen LogP contribution in [-0.4, -0.2) is 41.2 Å². The summed E-state index contributed by atoms with van der Waals surface area (Å²) in [6.07, 6.45) is 0.753. The highest BCUT2D eigenvalue weighted by Gasteiger charge is 2.49. The van der Waals surface area contributed by atoms with Crippen LogP contribution in [0.2, 0.25) is 0 Å². The Morgan fingerprint density at radius 1 is 1.37 bits per heavy atom. The Hall–Kier alpha value is -1.92. The molecule has 1 unspecified atom stereocenters. The molecule has 1 aliphatic rings. The van der Waals surface area contributed by atoms with Gasteiger partial charge in [0.1, 0.15) is 11.5 Å². The summed E-state index contributed by atoms with van der Waals surface area (Å²) in [5, 5.41) is 4.70. The largest absolute Gasteiger partial charge is 0.354 e. The molecule has 1 aliphatic heterocycles. The van der Waals surface area contributed by atoms with E-state index in [2.05, 4.69) is 10.6 Å². The van der Waals surface area contributed by atoms with E-state index in [-0.39, 0.29) is 0 Å². The average Bonchev–Trinajstić information content (AvgIpc) is 2.33. The zero-order valence-corrected chi connectivity index (χ0v) is 11.6. The molecule has 0 aromatic carbocycles. The predicted molar refractivity (Wildman–Crippen MR) is 66.9 cm³/mol. The molecule has 7 nitrogen and oxygen atoms in total. The van der Waals surface area contributed by atoms with Gasteiger partial charge in [-0.1, -0.05) is 6.92 Å². The molecule has 1 fully saturated rings. The predicted octanol–water partition coefficient (Wildman–Crippen LogP) is 0.00570. The number of carbonyl (C=O) groups is 4. The average molecular weight is 269 g/mol. The lowest BCUT2D eigenvalue weighted by Gasteiger charge is -2.37. The normalized spacial score (nSPS) is 20.0. The number of nitrogens with one attached hydrogen (secondary N) is 2. The van der Waals surface area contributed by atoms with Gasteiger partial charge in [0.2, 0.25) is 17.7 Å². The molecule has 0 saturated carbocycles. The number of amides is 5. The molecular formula is C12H19N3O4. The minimum Gasteiger partial charge on any atom is -0.354 e. The second-order valence-electron chi connectivity index (χ2n) is 5.03. The monoisotopic (exact) mass is 269 g/mol. The Bertz CT molecular complexity index is 431. The number of urea groups is 1. The number of hydrogen-bond acceptors (Lipinski definition) is 4. The van der Waals surface area contributed by atoms with Crippen LogP contribution in [-0.2, 0) is 14.4 Å². The highest BCUT2D eigenvalue weighted by molar-refractivity contribution is 6.19. The maximum absolute atomic E-state index is 12.2. The van der Waals surface area contributed by atoms with Gasteiger partial charge in [-0.25, -0.2) is 4.79 Å². The Morgan fingerprint density at radius 2 is 1.95 bits per heavy atom. The highest BCUT2D eigenvalue weighted by atomic mass is 16.2. The Kier molecular flexibility index (Phi) is 4.28. The Morgan fingerprint density at radius 3 is 2.47 bits per heavy atom. The van der Waals surface area contributed by atoms with E-state index in [9.17, 15) is 19.2 Å². The quantitative estimate of drug-likeness (QED) is 0.702. The molecule has 0 aromatic rings. The van der Waals surface area contributed by atoms with Gasteiger partial charge >= 0.3 is 6.03 Å². The molecule has 1 saturated heterocycles. The summed E-state index contributed by atoms with van der Waals surface area (Å²) in [7, 11) is 0. The van der Waals surface area contributed by atoms with E-state index in [0.29, 0.717) is 6.54 Å². The van der Waals surface area contributed by atoms with Gasteiger partial charge in [-0.3, -0.25) is 24.6 Å². The molecule has 1 rings (SSSR count). The summed E-state index contributed by atoms with van der Waals surface area (Å²) in [5.41, 5.74) is -1.35. The lowest BCUT2D eigenvalue weighted by molar-refractivity contribution is -0.152. The minimum absolute atomic E-state index is 0.421. The number of rotatable bonds is 4. The van der Waals surface area contributed by atoms with E-state index in [0.717, 1.165) is 11.3 Å². The van der Waals surface area contributed by atoms with Gasteiger partial charge in [0.15, 0.2) is 0 Å². The number of nitrogens with zero attached hydrogens (tertiary/aromatic N) is 1. The van der Waals surface area contributed by atoms with Crippen molar-refractivity contribution in [2.75, 3.05) is 6.54 Å². The molecule has 0 bridgehead atoms. The van der Waals surface area contributed by atoms with Crippen molar-refractivity contribution in [2.24, 2.45) is 5.41 Å². The third-order valence-corrected chi connectivity index (χ3v) is 3.08. The van der Waals surface area contributed by atoms with Crippen molar-refractivity contribution >= 4 is 23.8 Å². The molecule has 2 N–H and O–H groups in total. The van der Waals surface area contributed by atoms with Gasteiger partial charge in [0.05, 0.1) is 0 Å². The third-order valence-electron chi connectivity index (χ3n) is 3.08. The lowest BCUT2D eigenvalue weighted by Crippen LogP contribution is -2.65. The maximum atomic E-state index is 12.2. The van der Waals surface area contributed by atoms with Crippen LogP contribution in [0.4, 0.5) is 4.79 Å². The summed E-state index contributed by atoms with van der Waals surface area (Å²) in [5.74, 6) is -1.74. The third kappa shape index (κ3) is 2.74. The van der Waals surface area contributed by atoms with Gasteiger partial charge in [-0.05, 0) is 27.2 Å². The summed E-state index contributed by atoms with van der Waals surface area (Å²) in [6, 6.07) is -1.81. The number of carbonyl (C=O) groups excluding carboxylic acids is 4. The summed E-state index contributed by atoms with van der Waals surface area (Å²) in [4.78, 5) is 48.0. The van der Waals surface area contributed by atoms with Crippen molar-refractivity contribution in [1.29, 1.82) is 0 Å². The number of hydrogen-bond donors (Lipinski definition) is 2. The van der Waals surface area contributed by atoms with E-state index in [1.165, 1.54) is 20.8 Å². The first-order valence-electron chi connectivity index (χ1n) is 6.20. The van der Waals surface area contributed by atoms with Crippen molar-refractivity contribution in [2.45, 2.75) is 40.2 Å². The molecule has 19 heavy (non-hydrogen) atoms. The van der Waals surface area contributed by atoms with Crippen LogP contribution in [0.3, 0.4) is 0 Å². The van der Waals surface area contributed by atoms with Crippen molar-refractivity contribution in [3.63, 3.8) is 0 Å². The van der Waals surface area contributed by atoms with E-state index in [1.54, 1.807) is 0 Å². The number of barbiturate groups is 1. The molecular weight excluding hydrogens is 250 g/mol. The van der Waals surface area contributed by atoms with Crippen LogP contribution in [0.15, 0.2) is 0 Å². The minimum atomic E-state index is -1.35. The fourth-order valence-corrected chi connectivity index (χ4v) is 1.67. The topological polar surface area (TPSA) is 95.6 Å². The second-order valence-corrected chi connectivity index (χ2v) is 5.03. The molecule has 1 heterocycles. The standard InChI is InChI=1S/C12H19N3O4/c1-5-6-13-8(16)7(2)15-10(18)12(3,4)9(17)14-11(15)19/h7H,5-6H2,1-4H3,(H,13,16)(H,14,17,19). The summed E-state index contributed by atoms with van der Waals surface area (Å²) < 4.78 is 0. The van der Waals surface area contributed by atoms with Crippen molar-refractivity contribution < 1.29 is 19.2 Å². The summed E-state index contributed by atoms with van der Waals surface area (Å²) in [6.45, 7) is 6.65. The van der Waals surface area contributed by atoms with Crippen LogP contribution in [0.1, 0.15) is 34.1 Å². The Labute approximate surface area is 111 Å². The fourth-order valence-electron chi connectivity index (χ4n) is 1.67. The fraction of sp³-hybridized carbons (Fsp3) is 0.667. The molecule has 0 aliphatic carbocycles. The van der Waals surface area contributed by atoms with E-state index >= 15 is 0 Å². The SMILES string of the molecule is CCCNC(=O)C(C)N1C(=O)NC(=O)C(C)(C)C1=O. The van der Waals surface area contributed by atoms with Gasteiger partial charge in [0.25, 0.3) is 0 Å². The zero-order valence-electron chi connectivity index (χ0n) is 11.6. The summed E-state index contributed by atoms with van der Waals surface area (Å²) >= 11 is 0. The zero-order chi connectivity index (χ0) is 14.8. The van der Waals surface area contributed by atoms with Crippen LogP contribution in [0, 0.1) is 5.41 Å². The molecule has 5 amide bonds. The molecule has 0 aromatic heterocycles. The van der Waals surface area contributed by atoms with Crippen LogP contribution < -0.4 is 10.6 Å². The molecule has 106 valence electrons. The second kappa shape index (κ2) is 5.38. The van der Waals surface area contributed by atoms with Gasteiger partial charge < -0.3 is 5.32 Å². The Balaban J connectivity index is 2.92. The first-order chi connectivity index (χ1) is 8.73. The van der Waals surface area contributed by atoms with E-state index in [1.807, 2.05) is 6.92 Å². The van der Waals surface area contributed by atoms with Gasteiger partial charge in [-0.15, -0.1) is 0 Å². The molecule has 1 atom stereocenters. The molecule has 7 heteroatoms. The molecule has 0 radical (unpaired) electrons. The maximum Gasteiger partial charge on any atom is 0.331 e. The van der Waals surface area contributed by atoms with Gasteiger partial charge in [-0.2, -0.15) is 0 Å². The lowest BCUT2D eigenvalue weighted by atomic mass is 9.88. The first-order valence-corrected chi connectivity index (χ1v) is 6.20. The smallest absolute Gasteiger partial charge is 0.331 e. The molecule has 0 spiro atoms.